The molecule has 1 fully saturated rings. The number of fused-ring (bicyclic) bond motifs is 1. The van der Waals surface area contributed by atoms with Gasteiger partial charge in [-0.2, -0.15) is 0 Å². The van der Waals surface area contributed by atoms with Gasteiger partial charge in [-0.1, -0.05) is 13.8 Å². The minimum absolute atomic E-state index is 0.102. The lowest BCUT2D eigenvalue weighted by Gasteiger charge is -2.34. The van der Waals surface area contributed by atoms with E-state index in [2.05, 4.69) is 32.6 Å². The van der Waals surface area contributed by atoms with E-state index >= 15 is 0 Å². The van der Waals surface area contributed by atoms with Crippen molar-refractivity contribution in [3.8, 4) is 0 Å². The molecule has 0 aliphatic carbocycles. The smallest absolute Gasteiger partial charge is 0.318 e. The lowest BCUT2D eigenvalue weighted by Crippen LogP contribution is -2.39. The van der Waals surface area contributed by atoms with Gasteiger partial charge in [0, 0.05) is 33.2 Å². The Morgan fingerprint density at radius 2 is 1.68 bits per heavy atom. The summed E-state index contributed by atoms with van der Waals surface area (Å²) in [4.78, 5) is 32.1. The molecule has 1 aliphatic heterocycles. The van der Waals surface area contributed by atoms with E-state index in [0.717, 1.165) is 23.5 Å². The van der Waals surface area contributed by atoms with E-state index in [-0.39, 0.29) is 17.3 Å². The van der Waals surface area contributed by atoms with Crippen LogP contribution in [0.3, 0.4) is 0 Å². The molecular weight excluding hydrogens is 318 g/mol. The Balaban J connectivity index is 2.14. The average Bonchev–Trinajstić information content (AvgIpc) is 2.89. The van der Waals surface area contributed by atoms with Crippen LogP contribution in [0.1, 0.15) is 46.0 Å². The molecule has 0 amide bonds. The molecular formula is C18H29N5O2. The van der Waals surface area contributed by atoms with Gasteiger partial charge in [-0.25, -0.2) is 9.78 Å². The van der Waals surface area contributed by atoms with Crippen LogP contribution < -0.4 is 11.2 Å². The van der Waals surface area contributed by atoms with Gasteiger partial charge in [-0.3, -0.25) is 18.8 Å². The molecule has 3 heterocycles. The van der Waals surface area contributed by atoms with Gasteiger partial charge in [0.05, 0.1) is 6.54 Å². The van der Waals surface area contributed by atoms with E-state index in [1.165, 1.54) is 18.0 Å². The molecule has 1 aliphatic rings. The largest absolute Gasteiger partial charge is 0.332 e. The first kappa shape index (κ1) is 17.9. The van der Waals surface area contributed by atoms with Crippen LogP contribution in [-0.4, -0.2) is 36.7 Å². The van der Waals surface area contributed by atoms with E-state index < -0.39 is 0 Å². The highest BCUT2D eigenvalue weighted by atomic mass is 16.2. The van der Waals surface area contributed by atoms with Gasteiger partial charge in [-0.05, 0) is 32.1 Å². The summed E-state index contributed by atoms with van der Waals surface area (Å²) in [6, 6.07) is 0.102. The van der Waals surface area contributed by atoms with E-state index in [9.17, 15) is 9.59 Å². The molecule has 0 aromatic carbocycles. The van der Waals surface area contributed by atoms with Gasteiger partial charge in [0.15, 0.2) is 11.2 Å². The normalized spacial score (nSPS) is 22.2. The first-order valence-electron chi connectivity index (χ1n) is 9.09. The van der Waals surface area contributed by atoms with Gasteiger partial charge in [0.2, 0.25) is 0 Å². The predicted molar refractivity (Wildman–Crippen MR) is 98.8 cm³/mol. The van der Waals surface area contributed by atoms with Crippen LogP contribution in [0.15, 0.2) is 9.59 Å². The fourth-order valence-corrected chi connectivity index (χ4v) is 4.25. The number of nitrogens with zero attached hydrogens (tertiary/aromatic N) is 5. The fourth-order valence-electron chi connectivity index (χ4n) is 4.25. The summed E-state index contributed by atoms with van der Waals surface area (Å²) in [7, 11) is 3.20. The van der Waals surface area contributed by atoms with Gasteiger partial charge in [0.25, 0.3) is 5.56 Å². The van der Waals surface area contributed by atoms with Gasteiger partial charge < -0.3 is 4.57 Å². The molecule has 2 aromatic rings. The molecule has 138 valence electrons. The minimum Gasteiger partial charge on any atom is -0.318 e. The SMILES string of the molecule is CC(C)n1c(CN2C[C@@H](C)C[C@H](C)C2)nc2c1c(=O)n(C)c(=O)n2C. The molecule has 0 radical (unpaired) electrons. The monoisotopic (exact) mass is 347 g/mol. The Kier molecular flexibility index (Phi) is 4.62. The summed E-state index contributed by atoms with van der Waals surface area (Å²) >= 11 is 0. The molecule has 7 nitrogen and oxygen atoms in total. The number of hydrogen-bond acceptors (Lipinski definition) is 4. The van der Waals surface area contributed by atoms with E-state index in [1.807, 2.05) is 4.57 Å². The third-order valence-electron chi connectivity index (χ3n) is 5.19. The zero-order valence-electron chi connectivity index (χ0n) is 16.1. The minimum atomic E-state index is -0.335. The molecule has 2 atom stereocenters. The van der Waals surface area contributed by atoms with E-state index in [1.54, 1.807) is 7.05 Å². The summed E-state index contributed by atoms with van der Waals surface area (Å²) in [5.74, 6) is 2.19. The third kappa shape index (κ3) is 3.05. The maximum Gasteiger partial charge on any atom is 0.332 e. The first-order valence-corrected chi connectivity index (χ1v) is 9.09. The topological polar surface area (TPSA) is 65.1 Å². The lowest BCUT2D eigenvalue weighted by molar-refractivity contribution is 0.130. The Labute approximate surface area is 147 Å². The quantitative estimate of drug-likeness (QED) is 0.844. The average molecular weight is 347 g/mol. The van der Waals surface area contributed by atoms with E-state index in [4.69, 9.17) is 4.98 Å². The van der Waals surface area contributed by atoms with Gasteiger partial charge >= 0.3 is 5.69 Å². The first-order chi connectivity index (χ1) is 11.7. The summed E-state index contributed by atoms with van der Waals surface area (Å²) in [5, 5.41) is 0. The van der Waals surface area contributed by atoms with E-state index in [0.29, 0.717) is 29.5 Å². The van der Waals surface area contributed by atoms with Crippen molar-refractivity contribution in [3.05, 3.63) is 26.7 Å². The molecule has 2 aromatic heterocycles. The second kappa shape index (κ2) is 6.44. The zero-order valence-corrected chi connectivity index (χ0v) is 16.1. The number of aromatic nitrogens is 4. The van der Waals surface area contributed by atoms with Crippen molar-refractivity contribution in [1.82, 2.24) is 23.6 Å². The number of likely N-dealkylation sites (tertiary alicyclic amines) is 1. The number of aryl methyl sites for hydroxylation is 1. The number of rotatable bonds is 3. The number of hydrogen-bond donors (Lipinski definition) is 0. The van der Waals surface area contributed by atoms with Crippen molar-refractivity contribution < 1.29 is 0 Å². The van der Waals surface area contributed by atoms with Crippen molar-refractivity contribution in [3.63, 3.8) is 0 Å². The van der Waals surface area contributed by atoms with Crippen molar-refractivity contribution in [2.24, 2.45) is 25.9 Å². The standard InChI is InChI=1S/C18H29N5O2/c1-11(2)23-14(10-22-8-12(3)7-13(4)9-22)19-16-15(23)17(24)21(6)18(25)20(16)5/h11-13H,7-10H2,1-6H3/t12-,13-/m0/s1. The molecule has 3 rings (SSSR count). The Bertz CT molecular complexity index is 895. The van der Waals surface area contributed by atoms with Gasteiger partial charge in [0.1, 0.15) is 5.82 Å². The van der Waals surface area contributed by atoms with Crippen molar-refractivity contribution in [2.75, 3.05) is 13.1 Å². The van der Waals surface area contributed by atoms with Crippen molar-refractivity contribution in [2.45, 2.75) is 46.7 Å². The number of piperidine rings is 1. The summed E-state index contributed by atoms with van der Waals surface area (Å²) in [6.45, 7) is 11.5. The van der Waals surface area contributed by atoms with Crippen LogP contribution in [0.2, 0.25) is 0 Å². The highest BCUT2D eigenvalue weighted by molar-refractivity contribution is 5.71. The molecule has 0 saturated carbocycles. The second-order valence-corrected chi connectivity index (χ2v) is 8.01. The zero-order chi connectivity index (χ0) is 18.5. The van der Waals surface area contributed by atoms with Crippen LogP contribution in [-0.2, 0) is 20.6 Å². The van der Waals surface area contributed by atoms with Gasteiger partial charge in [-0.15, -0.1) is 0 Å². The molecule has 0 unspecified atom stereocenters. The number of imidazole rings is 1. The maximum absolute atomic E-state index is 12.7. The van der Waals surface area contributed by atoms with Crippen LogP contribution >= 0.6 is 0 Å². The Morgan fingerprint density at radius 3 is 2.24 bits per heavy atom. The molecule has 1 saturated heterocycles. The molecule has 0 bridgehead atoms. The fraction of sp³-hybridized carbons (Fsp3) is 0.722. The highest BCUT2D eigenvalue weighted by Crippen LogP contribution is 2.24. The van der Waals surface area contributed by atoms with Crippen LogP contribution in [0.25, 0.3) is 11.2 Å². The molecule has 25 heavy (non-hydrogen) atoms. The molecule has 0 spiro atoms. The second-order valence-electron chi connectivity index (χ2n) is 8.01. The molecule has 0 N–H and O–H groups in total. The maximum atomic E-state index is 12.7. The van der Waals surface area contributed by atoms with Crippen molar-refractivity contribution >= 4 is 11.2 Å². The highest BCUT2D eigenvalue weighted by Gasteiger charge is 2.26. The predicted octanol–water partition coefficient (Wildman–Crippen LogP) is 1.49. The Hall–Kier alpha value is -1.89. The summed E-state index contributed by atoms with van der Waals surface area (Å²) < 4.78 is 4.64. The van der Waals surface area contributed by atoms with Crippen LogP contribution in [0, 0.1) is 11.8 Å². The Morgan fingerprint density at radius 1 is 1.08 bits per heavy atom. The summed E-state index contributed by atoms with van der Waals surface area (Å²) in [5.41, 5.74) is 0.395. The summed E-state index contributed by atoms with van der Waals surface area (Å²) in [6.07, 6.45) is 1.26. The third-order valence-corrected chi connectivity index (χ3v) is 5.19. The van der Waals surface area contributed by atoms with Crippen molar-refractivity contribution in [1.29, 1.82) is 0 Å². The van der Waals surface area contributed by atoms with Crippen LogP contribution in [0.5, 0.6) is 0 Å². The molecule has 7 heteroatoms. The van der Waals surface area contributed by atoms with Crippen LogP contribution in [0.4, 0.5) is 0 Å². The lowest BCUT2D eigenvalue weighted by atomic mass is 9.92.